The first-order valence-corrected chi connectivity index (χ1v) is 3.35. The fraction of sp³-hybridized carbons (Fsp3) is 0.833. The van der Waals surface area contributed by atoms with E-state index >= 15 is 0 Å². The first-order valence-electron chi connectivity index (χ1n) is 3.35. The molecule has 0 bridgehead atoms. The Balaban J connectivity index is 2.19. The minimum Gasteiger partial charge on any atom is -0.480 e. The van der Waals surface area contributed by atoms with Gasteiger partial charge in [0.1, 0.15) is 6.04 Å². The summed E-state index contributed by atoms with van der Waals surface area (Å²) in [6.45, 7) is 0. The minimum atomic E-state index is -0.931. The van der Waals surface area contributed by atoms with Crippen LogP contribution in [0.25, 0.3) is 0 Å². The molecular formula is C6H12N2O2. The average molecular weight is 144 g/mol. The van der Waals surface area contributed by atoms with Crippen LogP contribution >= 0.6 is 0 Å². The molecule has 0 saturated heterocycles. The van der Waals surface area contributed by atoms with Gasteiger partial charge in [0.2, 0.25) is 0 Å². The zero-order valence-corrected chi connectivity index (χ0v) is 5.66. The van der Waals surface area contributed by atoms with E-state index in [-0.39, 0.29) is 6.04 Å². The average Bonchev–Trinajstić information content (AvgIpc) is 2.46. The van der Waals surface area contributed by atoms with Gasteiger partial charge < -0.3 is 16.6 Å². The maximum atomic E-state index is 10.2. The summed E-state index contributed by atoms with van der Waals surface area (Å²) >= 11 is 0. The van der Waals surface area contributed by atoms with Crippen LogP contribution in [-0.4, -0.2) is 23.2 Å². The maximum absolute atomic E-state index is 10.2. The van der Waals surface area contributed by atoms with Crippen LogP contribution < -0.4 is 11.5 Å². The molecule has 0 aromatic heterocycles. The summed E-state index contributed by atoms with van der Waals surface area (Å²) in [7, 11) is 0. The van der Waals surface area contributed by atoms with E-state index in [0.717, 1.165) is 6.42 Å². The highest BCUT2D eigenvalue weighted by atomic mass is 16.4. The van der Waals surface area contributed by atoms with Crippen molar-refractivity contribution in [2.45, 2.75) is 24.9 Å². The molecule has 0 spiro atoms. The lowest BCUT2D eigenvalue weighted by Crippen LogP contribution is -2.31. The van der Waals surface area contributed by atoms with Gasteiger partial charge >= 0.3 is 5.97 Å². The quantitative estimate of drug-likeness (QED) is 0.480. The third-order valence-corrected chi connectivity index (χ3v) is 1.85. The molecule has 5 N–H and O–H groups in total. The van der Waals surface area contributed by atoms with Gasteiger partial charge in [0.25, 0.3) is 0 Å². The first-order chi connectivity index (χ1) is 4.61. The Kier molecular flexibility index (Phi) is 1.92. The van der Waals surface area contributed by atoms with Crippen molar-refractivity contribution in [3.63, 3.8) is 0 Å². The van der Waals surface area contributed by atoms with Gasteiger partial charge in [-0.2, -0.15) is 0 Å². The van der Waals surface area contributed by atoms with E-state index in [0.29, 0.717) is 12.3 Å². The highest BCUT2D eigenvalue weighted by molar-refractivity contribution is 5.73. The number of hydrogen-bond acceptors (Lipinski definition) is 3. The van der Waals surface area contributed by atoms with Gasteiger partial charge in [-0.25, -0.2) is 0 Å². The standard InChI is InChI=1S/C6H12N2O2/c7-4-1-3(4)2-5(8)6(9)10/h3-5H,1-2,7-8H2,(H,9,10)/t3-,4+,5-/m1/s1. The molecule has 1 fully saturated rings. The summed E-state index contributed by atoms with van der Waals surface area (Å²) in [5.74, 6) is -0.579. The molecule has 58 valence electrons. The molecule has 0 heterocycles. The predicted octanol–water partition coefficient (Wildman–Crippen LogP) is -0.864. The Labute approximate surface area is 59.2 Å². The molecule has 4 nitrogen and oxygen atoms in total. The monoisotopic (exact) mass is 144 g/mol. The van der Waals surface area contributed by atoms with Crippen LogP contribution in [0.3, 0.4) is 0 Å². The van der Waals surface area contributed by atoms with Gasteiger partial charge in [-0.3, -0.25) is 4.79 Å². The lowest BCUT2D eigenvalue weighted by Gasteiger charge is -2.02. The van der Waals surface area contributed by atoms with Crippen LogP contribution in [0.5, 0.6) is 0 Å². The van der Waals surface area contributed by atoms with Crippen molar-refractivity contribution in [1.29, 1.82) is 0 Å². The summed E-state index contributed by atoms with van der Waals surface area (Å²) in [5.41, 5.74) is 10.7. The summed E-state index contributed by atoms with van der Waals surface area (Å²) in [6, 6.07) is -0.524. The van der Waals surface area contributed by atoms with E-state index in [4.69, 9.17) is 16.6 Å². The second-order valence-electron chi connectivity index (χ2n) is 2.84. The van der Waals surface area contributed by atoms with Gasteiger partial charge in [0.05, 0.1) is 0 Å². The van der Waals surface area contributed by atoms with Gasteiger partial charge in [-0.05, 0) is 18.8 Å². The number of nitrogens with two attached hydrogens (primary N) is 2. The number of rotatable bonds is 3. The van der Waals surface area contributed by atoms with Crippen molar-refractivity contribution in [3.8, 4) is 0 Å². The third-order valence-electron chi connectivity index (χ3n) is 1.85. The summed E-state index contributed by atoms with van der Waals surface area (Å²) in [6.07, 6.45) is 1.46. The van der Waals surface area contributed by atoms with E-state index in [1.165, 1.54) is 0 Å². The van der Waals surface area contributed by atoms with Crippen LogP contribution in [0.15, 0.2) is 0 Å². The summed E-state index contributed by atoms with van der Waals surface area (Å²) in [5, 5.41) is 8.38. The third kappa shape index (κ3) is 1.68. The van der Waals surface area contributed by atoms with Crippen LogP contribution in [0.4, 0.5) is 0 Å². The fourth-order valence-corrected chi connectivity index (χ4v) is 0.969. The van der Waals surface area contributed by atoms with Gasteiger partial charge in [-0.15, -0.1) is 0 Å². The fourth-order valence-electron chi connectivity index (χ4n) is 0.969. The largest absolute Gasteiger partial charge is 0.480 e. The first kappa shape index (κ1) is 7.50. The maximum Gasteiger partial charge on any atom is 0.320 e. The van der Waals surface area contributed by atoms with Crippen molar-refractivity contribution in [2.24, 2.45) is 17.4 Å². The predicted molar refractivity (Wildman–Crippen MR) is 36.3 cm³/mol. The van der Waals surface area contributed by atoms with Gasteiger partial charge in [0, 0.05) is 6.04 Å². The second-order valence-corrected chi connectivity index (χ2v) is 2.84. The topological polar surface area (TPSA) is 89.3 Å². The van der Waals surface area contributed by atoms with Crippen molar-refractivity contribution in [2.75, 3.05) is 0 Å². The number of carboxylic acid groups (broad SMARTS) is 1. The molecule has 10 heavy (non-hydrogen) atoms. The molecular weight excluding hydrogens is 132 g/mol. The normalized spacial score (nSPS) is 33.4. The lowest BCUT2D eigenvalue weighted by molar-refractivity contribution is -0.138. The molecule has 1 rings (SSSR count). The van der Waals surface area contributed by atoms with Crippen LogP contribution in [-0.2, 0) is 4.79 Å². The Morgan fingerprint density at radius 1 is 1.80 bits per heavy atom. The second kappa shape index (κ2) is 2.56. The van der Waals surface area contributed by atoms with Crippen molar-refractivity contribution < 1.29 is 9.90 Å². The van der Waals surface area contributed by atoms with Crippen molar-refractivity contribution in [1.82, 2.24) is 0 Å². The zero-order chi connectivity index (χ0) is 7.72. The zero-order valence-electron chi connectivity index (χ0n) is 5.66. The van der Waals surface area contributed by atoms with E-state index in [2.05, 4.69) is 0 Å². The molecule has 0 aromatic rings. The minimum absolute atomic E-state index is 0.199. The Morgan fingerprint density at radius 3 is 2.60 bits per heavy atom. The molecule has 1 aliphatic rings. The van der Waals surface area contributed by atoms with E-state index in [1.807, 2.05) is 0 Å². The lowest BCUT2D eigenvalue weighted by atomic mass is 10.1. The molecule has 0 radical (unpaired) electrons. The molecule has 1 saturated carbocycles. The Hall–Kier alpha value is -0.610. The van der Waals surface area contributed by atoms with Gasteiger partial charge in [0.15, 0.2) is 0 Å². The molecule has 0 aliphatic heterocycles. The van der Waals surface area contributed by atoms with Crippen LogP contribution in [0.1, 0.15) is 12.8 Å². The molecule has 0 unspecified atom stereocenters. The number of aliphatic carboxylic acids is 1. The highest BCUT2D eigenvalue weighted by Crippen LogP contribution is 2.31. The highest BCUT2D eigenvalue weighted by Gasteiger charge is 2.35. The number of carbonyl (C=O) groups is 1. The summed E-state index contributed by atoms with van der Waals surface area (Å²) in [4.78, 5) is 10.2. The molecule has 3 atom stereocenters. The van der Waals surface area contributed by atoms with Crippen LogP contribution in [0, 0.1) is 5.92 Å². The van der Waals surface area contributed by atoms with E-state index < -0.39 is 12.0 Å². The van der Waals surface area contributed by atoms with E-state index in [9.17, 15) is 4.79 Å². The Morgan fingerprint density at radius 2 is 2.30 bits per heavy atom. The SMILES string of the molecule is N[C@H](C[C@H]1C[C@@H]1N)C(=O)O. The number of hydrogen-bond donors (Lipinski definition) is 3. The number of carboxylic acids is 1. The van der Waals surface area contributed by atoms with Crippen molar-refractivity contribution >= 4 is 5.97 Å². The van der Waals surface area contributed by atoms with E-state index in [1.54, 1.807) is 0 Å². The summed E-state index contributed by atoms with van der Waals surface area (Å²) < 4.78 is 0. The molecule has 0 amide bonds. The molecule has 1 aliphatic carbocycles. The smallest absolute Gasteiger partial charge is 0.320 e. The van der Waals surface area contributed by atoms with Crippen molar-refractivity contribution in [3.05, 3.63) is 0 Å². The molecule has 4 heteroatoms. The van der Waals surface area contributed by atoms with Gasteiger partial charge in [-0.1, -0.05) is 0 Å². The molecule has 0 aromatic carbocycles. The van der Waals surface area contributed by atoms with Crippen LogP contribution in [0.2, 0.25) is 0 Å². The Bertz CT molecular complexity index is 149.